The SMILES string of the molecule is COC(=O)/C(C)=C/C=C/C(C)=C/C=C/C=C(C)/C=C/C=C(\C)C(=O)OC.COC(=O)C(=O)C=CPP.C\C(C=O)=C/C=C/C=C(\C)C=O. The Balaban J connectivity index is -0.000000755. The van der Waals surface area contributed by atoms with Crippen molar-refractivity contribution in [3.05, 3.63) is 130 Å². The Morgan fingerprint density at radius 2 is 0.812 bits per heavy atom. The molecule has 0 spiro atoms. The average molecular weight is 699 g/mol. The molecule has 0 heterocycles. The molecule has 0 saturated heterocycles. The van der Waals surface area contributed by atoms with Crippen molar-refractivity contribution in [2.45, 2.75) is 41.5 Å². The number of methoxy groups -OCH3 is 3. The first-order valence-corrected chi connectivity index (χ1v) is 17.2. The summed E-state index contributed by atoms with van der Waals surface area (Å²) in [7, 11) is 6.78. The third-order valence-corrected chi connectivity index (χ3v) is 6.11. The predicted molar refractivity (Wildman–Crippen MR) is 199 cm³/mol. The van der Waals surface area contributed by atoms with Crippen LogP contribution in [-0.2, 0) is 43.0 Å². The highest BCUT2D eigenvalue weighted by atomic mass is 32.0. The summed E-state index contributed by atoms with van der Waals surface area (Å²) in [6.07, 6.45) is 28.2. The van der Waals surface area contributed by atoms with E-state index in [4.69, 9.17) is 0 Å². The van der Waals surface area contributed by atoms with Gasteiger partial charge in [0.05, 0.1) is 21.3 Å². The van der Waals surface area contributed by atoms with E-state index in [-0.39, 0.29) is 11.9 Å². The highest BCUT2D eigenvalue weighted by Gasteiger charge is 2.07. The van der Waals surface area contributed by atoms with Gasteiger partial charge in [-0.2, -0.15) is 0 Å². The van der Waals surface area contributed by atoms with Crippen molar-refractivity contribution >= 4 is 53.5 Å². The monoisotopic (exact) mass is 698 g/mol. The first kappa shape index (κ1) is 47.8. The minimum Gasteiger partial charge on any atom is -0.466 e. The molecule has 2 atom stereocenters. The molecule has 260 valence electrons. The van der Waals surface area contributed by atoms with Crippen molar-refractivity contribution in [2.24, 2.45) is 0 Å². The van der Waals surface area contributed by atoms with E-state index in [9.17, 15) is 28.8 Å². The molecule has 0 aromatic heterocycles. The third-order valence-electron chi connectivity index (χ3n) is 5.17. The fourth-order valence-corrected chi connectivity index (χ4v) is 2.99. The van der Waals surface area contributed by atoms with Gasteiger partial charge in [-0.15, -0.1) is 8.93 Å². The molecule has 0 fully saturated rings. The van der Waals surface area contributed by atoms with Crippen LogP contribution in [-0.4, -0.2) is 57.6 Å². The van der Waals surface area contributed by atoms with Crippen molar-refractivity contribution in [1.29, 1.82) is 0 Å². The van der Waals surface area contributed by atoms with Gasteiger partial charge in [-0.05, 0) is 58.8 Å². The van der Waals surface area contributed by atoms with E-state index in [1.807, 2.05) is 62.5 Å². The number of ketones is 1. The zero-order valence-corrected chi connectivity index (χ0v) is 31.3. The number of ether oxygens (including phenoxy) is 3. The first-order chi connectivity index (χ1) is 22.7. The summed E-state index contributed by atoms with van der Waals surface area (Å²) in [6, 6.07) is 0. The van der Waals surface area contributed by atoms with Crippen LogP contribution in [0.5, 0.6) is 0 Å². The lowest BCUT2D eigenvalue weighted by atomic mass is 10.2. The van der Waals surface area contributed by atoms with Crippen LogP contribution < -0.4 is 0 Å². The summed E-state index contributed by atoms with van der Waals surface area (Å²) in [5.74, 6) is -0.496. The number of allylic oxidation sites excluding steroid dienone is 18. The molecule has 2 unspecified atom stereocenters. The van der Waals surface area contributed by atoms with E-state index in [1.165, 1.54) is 27.4 Å². The number of carbonyl (C=O) groups excluding carboxylic acids is 6. The number of hydrogen-bond acceptors (Lipinski definition) is 9. The second kappa shape index (κ2) is 32.4. The number of carbonyl (C=O) groups is 6. The van der Waals surface area contributed by atoms with Crippen LogP contribution >= 0.6 is 17.2 Å². The number of hydrogen-bond donors (Lipinski definition) is 0. The fraction of sp³-hybridized carbons (Fsp3) is 0.243. The Morgan fingerprint density at radius 3 is 1.10 bits per heavy atom. The minimum atomic E-state index is -0.820. The van der Waals surface area contributed by atoms with E-state index in [2.05, 4.69) is 23.1 Å². The Kier molecular flexibility index (Phi) is 32.2. The summed E-state index contributed by atoms with van der Waals surface area (Å²) in [5, 5.41) is 0. The number of rotatable bonds is 15. The second-order valence-electron chi connectivity index (χ2n) is 9.40. The van der Waals surface area contributed by atoms with Gasteiger partial charge in [0.15, 0.2) is 0 Å². The normalized spacial score (nSPS) is 13.5. The molecule has 0 saturated carbocycles. The zero-order valence-electron chi connectivity index (χ0n) is 29.1. The van der Waals surface area contributed by atoms with E-state index in [0.717, 1.165) is 23.7 Å². The third kappa shape index (κ3) is 30.1. The number of aldehydes is 2. The van der Waals surface area contributed by atoms with Crippen LogP contribution in [0.15, 0.2) is 130 Å². The molecule has 0 aromatic rings. The highest BCUT2D eigenvalue weighted by molar-refractivity contribution is 8.04. The molecule has 0 aliphatic heterocycles. The zero-order chi connectivity index (χ0) is 37.3. The van der Waals surface area contributed by atoms with Crippen molar-refractivity contribution in [2.75, 3.05) is 21.3 Å². The molecule has 0 radical (unpaired) electrons. The van der Waals surface area contributed by atoms with Gasteiger partial charge in [-0.25, -0.2) is 14.4 Å². The summed E-state index contributed by atoms with van der Waals surface area (Å²) >= 11 is 0. The van der Waals surface area contributed by atoms with Crippen LogP contribution in [0.4, 0.5) is 0 Å². The lowest BCUT2D eigenvalue weighted by Crippen LogP contribution is -2.11. The van der Waals surface area contributed by atoms with Gasteiger partial charge in [-0.1, -0.05) is 110 Å². The molecule has 0 aliphatic rings. The first-order valence-electron chi connectivity index (χ1n) is 14.3. The maximum absolute atomic E-state index is 11.2. The van der Waals surface area contributed by atoms with Gasteiger partial charge in [0.1, 0.15) is 12.6 Å². The maximum Gasteiger partial charge on any atom is 0.378 e. The lowest BCUT2D eigenvalue weighted by molar-refractivity contribution is -0.149. The van der Waals surface area contributed by atoms with Gasteiger partial charge in [0.25, 0.3) is 5.78 Å². The Hall–Kier alpha value is -4.58. The van der Waals surface area contributed by atoms with Crippen LogP contribution in [0.25, 0.3) is 0 Å². The maximum atomic E-state index is 11.2. The molecule has 9 nitrogen and oxygen atoms in total. The van der Waals surface area contributed by atoms with Gasteiger partial charge in [-0.3, -0.25) is 14.4 Å². The molecular formula is C37H48O9P2. The molecule has 0 aliphatic carbocycles. The summed E-state index contributed by atoms with van der Waals surface area (Å²) < 4.78 is 13.4. The summed E-state index contributed by atoms with van der Waals surface area (Å²) in [5.41, 5.74) is 4.51. The Morgan fingerprint density at radius 1 is 0.479 bits per heavy atom. The Labute approximate surface area is 289 Å². The van der Waals surface area contributed by atoms with E-state index >= 15 is 0 Å². The molecule has 0 aromatic carbocycles. The van der Waals surface area contributed by atoms with Gasteiger partial charge >= 0.3 is 17.9 Å². The lowest BCUT2D eigenvalue weighted by Gasteiger charge is -1.95. The van der Waals surface area contributed by atoms with Crippen molar-refractivity contribution in [3.63, 3.8) is 0 Å². The van der Waals surface area contributed by atoms with Crippen LogP contribution in [0.1, 0.15) is 41.5 Å². The molecule has 0 rings (SSSR count). The smallest absolute Gasteiger partial charge is 0.378 e. The van der Waals surface area contributed by atoms with E-state index in [0.29, 0.717) is 30.6 Å². The predicted octanol–water partition coefficient (Wildman–Crippen LogP) is 7.33. The topological polar surface area (TPSA) is 130 Å². The fourth-order valence-electron chi connectivity index (χ4n) is 2.46. The second-order valence-corrected chi connectivity index (χ2v) is 11.1. The largest absolute Gasteiger partial charge is 0.466 e. The van der Waals surface area contributed by atoms with Crippen molar-refractivity contribution < 1.29 is 43.0 Å². The summed E-state index contributed by atoms with van der Waals surface area (Å²) in [4.78, 5) is 63.7. The van der Waals surface area contributed by atoms with Crippen LogP contribution in [0.3, 0.4) is 0 Å². The van der Waals surface area contributed by atoms with Crippen molar-refractivity contribution in [1.82, 2.24) is 0 Å². The molecule has 0 bridgehead atoms. The molecule has 0 N–H and O–H groups in total. The Bertz CT molecular complexity index is 1330. The molecule has 48 heavy (non-hydrogen) atoms. The molecular weight excluding hydrogens is 650 g/mol. The highest BCUT2D eigenvalue weighted by Crippen LogP contribution is 2.20. The van der Waals surface area contributed by atoms with Crippen LogP contribution in [0, 0.1) is 0 Å². The molecule has 0 amide bonds. The standard InChI is InChI=1S/C22H28O4.C10H12O2.C5H8O3P2/c1-17(13-9-15-19(3)21(23)25-5)11-7-8-12-18(2)14-10-16-20(4)22(24)26-6;1-9(7-11)5-3-4-6-10(2)8-12;1-8-5(7)4(6)2-3-10-9/h7-16H,1-6H3;3-8H,1-2H3;2-3,10H,9H2,1H3/b8-7+,13-9+,14-10+,17-11+,18-12+,19-15+,20-16+;4-3+,9-5+,10-6+;. The van der Waals surface area contributed by atoms with Gasteiger partial charge < -0.3 is 14.2 Å². The van der Waals surface area contributed by atoms with Crippen molar-refractivity contribution in [3.8, 4) is 0 Å². The van der Waals surface area contributed by atoms with Gasteiger partial charge in [0.2, 0.25) is 0 Å². The average Bonchev–Trinajstić information content (AvgIpc) is 3.09. The summed E-state index contributed by atoms with van der Waals surface area (Å²) in [6.45, 7) is 10.8. The van der Waals surface area contributed by atoms with Gasteiger partial charge in [0, 0.05) is 11.1 Å². The van der Waals surface area contributed by atoms with E-state index < -0.39 is 11.8 Å². The quantitative estimate of drug-likeness (QED) is 0.0328. The van der Waals surface area contributed by atoms with E-state index in [1.54, 1.807) is 70.0 Å². The minimum absolute atomic E-state index is 0.332. The van der Waals surface area contributed by atoms with Crippen LogP contribution in [0.2, 0.25) is 0 Å². The number of esters is 3. The molecule has 11 heteroatoms.